The molecule has 2 fully saturated rings. The number of hydrogen-bond donors (Lipinski definition) is 0. The Hall–Kier alpha value is -1.61. The van der Waals surface area contributed by atoms with Crippen LogP contribution in [0.4, 0.5) is 0 Å². The second-order valence-corrected chi connectivity index (χ2v) is 8.11. The SMILES string of the molecule is C=CC(=O)N(C)[C@H]1[C@@H]2CN(Cc3ccc(C(C)(C)C)cc3)C[C@@H]21. The number of hydrogen-bond acceptors (Lipinski definition) is 2. The van der Waals surface area contributed by atoms with Gasteiger partial charge in [-0.15, -0.1) is 0 Å². The van der Waals surface area contributed by atoms with Crippen LogP contribution >= 0.6 is 0 Å². The first-order chi connectivity index (χ1) is 10.8. The summed E-state index contributed by atoms with van der Waals surface area (Å²) in [7, 11) is 1.91. The Morgan fingerprint density at radius 1 is 1.26 bits per heavy atom. The van der Waals surface area contributed by atoms with Gasteiger partial charge in [0.1, 0.15) is 0 Å². The van der Waals surface area contributed by atoms with Crippen LogP contribution in [0.15, 0.2) is 36.9 Å². The monoisotopic (exact) mass is 312 g/mol. The molecule has 0 unspecified atom stereocenters. The highest BCUT2D eigenvalue weighted by Gasteiger charge is 2.58. The number of fused-ring (bicyclic) bond motifs is 1. The normalized spacial score (nSPS) is 26.7. The van der Waals surface area contributed by atoms with Crippen molar-refractivity contribution in [3.05, 3.63) is 48.0 Å². The molecule has 0 radical (unpaired) electrons. The zero-order valence-electron chi connectivity index (χ0n) is 14.7. The summed E-state index contributed by atoms with van der Waals surface area (Å²) < 4.78 is 0. The van der Waals surface area contributed by atoms with Gasteiger partial charge in [0.25, 0.3) is 0 Å². The Balaban J connectivity index is 1.53. The number of carbonyl (C=O) groups excluding carboxylic acids is 1. The molecule has 3 rings (SSSR count). The van der Waals surface area contributed by atoms with Crippen molar-refractivity contribution in [1.82, 2.24) is 9.80 Å². The van der Waals surface area contributed by atoms with Gasteiger partial charge in [-0.25, -0.2) is 0 Å². The number of benzene rings is 1. The molecule has 1 saturated heterocycles. The van der Waals surface area contributed by atoms with Crippen LogP contribution in [-0.2, 0) is 16.8 Å². The highest BCUT2D eigenvalue weighted by Crippen LogP contribution is 2.48. The molecule has 1 aliphatic carbocycles. The fraction of sp³-hybridized carbons (Fsp3) is 0.550. The summed E-state index contributed by atoms with van der Waals surface area (Å²) in [5.41, 5.74) is 2.98. The predicted octanol–water partition coefficient (Wildman–Crippen LogP) is 3.06. The molecule has 124 valence electrons. The topological polar surface area (TPSA) is 23.6 Å². The molecule has 0 N–H and O–H groups in total. The summed E-state index contributed by atoms with van der Waals surface area (Å²) >= 11 is 0. The first-order valence-electron chi connectivity index (χ1n) is 8.52. The van der Waals surface area contributed by atoms with Gasteiger partial charge in [0, 0.05) is 32.7 Å². The van der Waals surface area contributed by atoms with Gasteiger partial charge in [-0.2, -0.15) is 0 Å². The Morgan fingerprint density at radius 3 is 2.30 bits per heavy atom. The lowest BCUT2D eigenvalue weighted by molar-refractivity contribution is -0.125. The summed E-state index contributed by atoms with van der Waals surface area (Å²) in [5, 5.41) is 0. The van der Waals surface area contributed by atoms with Crippen LogP contribution < -0.4 is 0 Å². The lowest BCUT2D eigenvalue weighted by Gasteiger charge is -2.24. The van der Waals surface area contributed by atoms with E-state index in [0.29, 0.717) is 17.9 Å². The second-order valence-electron chi connectivity index (χ2n) is 8.11. The van der Waals surface area contributed by atoms with Gasteiger partial charge in [-0.05, 0) is 34.5 Å². The Labute approximate surface area is 140 Å². The standard InChI is InChI=1S/C20H28N2O/c1-6-18(23)21(5)19-16-12-22(13-17(16)19)11-14-7-9-15(10-8-14)20(2,3)4/h6-10,16-17,19H,1,11-13H2,2-5H3/t16-,17+,19+. The number of piperidine rings is 1. The molecule has 23 heavy (non-hydrogen) atoms. The largest absolute Gasteiger partial charge is 0.339 e. The van der Waals surface area contributed by atoms with Crippen LogP contribution in [0.2, 0.25) is 0 Å². The molecule has 3 atom stereocenters. The van der Waals surface area contributed by atoms with Crippen LogP contribution in [0, 0.1) is 11.8 Å². The van der Waals surface area contributed by atoms with E-state index in [0.717, 1.165) is 19.6 Å². The van der Waals surface area contributed by atoms with Gasteiger partial charge < -0.3 is 4.90 Å². The van der Waals surface area contributed by atoms with Crippen molar-refractivity contribution in [1.29, 1.82) is 0 Å². The van der Waals surface area contributed by atoms with Crippen molar-refractivity contribution in [2.45, 2.75) is 38.8 Å². The number of likely N-dealkylation sites (N-methyl/N-ethyl adjacent to an activating group) is 1. The molecular formula is C20H28N2O. The molecule has 1 heterocycles. The average molecular weight is 312 g/mol. The maximum atomic E-state index is 11.7. The summed E-state index contributed by atoms with van der Waals surface area (Å²) in [4.78, 5) is 16.1. The molecule has 0 spiro atoms. The number of rotatable bonds is 4. The van der Waals surface area contributed by atoms with Crippen molar-refractivity contribution in [2.75, 3.05) is 20.1 Å². The summed E-state index contributed by atoms with van der Waals surface area (Å²) in [6.07, 6.45) is 1.42. The van der Waals surface area contributed by atoms with Crippen LogP contribution in [0.25, 0.3) is 0 Å². The molecule has 3 heteroatoms. The van der Waals surface area contributed by atoms with Crippen molar-refractivity contribution < 1.29 is 4.79 Å². The predicted molar refractivity (Wildman–Crippen MR) is 94.2 cm³/mol. The summed E-state index contributed by atoms with van der Waals surface area (Å²) in [6.45, 7) is 13.5. The molecule has 1 aliphatic heterocycles. The Kier molecular flexibility index (Phi) is 4.09. The van der Waals surface area contributed by atoms with E-state index in [2.05, 4.69) is 56.5 Å². The van der Waals surface area contributed by atoms with Crippen LogP contribution in [0.1, 0.15) is 31.9 Å². The highest BCUT2D eigenvalue weighted by molar-refractivity contribution is 5.87. The van der Waals surface area contributed by atoms with E-state index >= 15 is 0 Å². The Bertz CT molecular complexity index is 587. The van der Waals surface area contributed by atoms with Crippen molar-refractivity contribution in [2.24, 2.45) is 11.8 Å². The minimum Gasteiger partial charge on any atom is -0.339 e. The molecule has 0 aromatic heterocycles. The summed E-state index contributed by atoms with van der Waals surface area (Å²) in [5.74, 6) is 1.35. The van der Waals surface area contributed by atoms with Crippen molar-refractivity contribution in [3.63, 3.8) is 0 Å². The van der Waals surface area contributed by atoms with Gasteiger partial charge >= 0.3 is 0 Å². The highest BCUT2D eigenvalue weighted by atomic mass is 16.2. The van der Waals surface area contributed by atoms with E-state index in [9.17, 15) is 4.79 Å². The smallest absolute Gasteiger partial charge is 0.245 e. The third-order valence-corrected chi connectivity index (χ3v) is 5.42. The minimum atomic E-state index is 0.0497. The fourth-order valence-electron chi connectivity index (χ4n) is 3.95. The quantitative estimate of drug-likeness (QED) is 0.798. The molecular weight excluding hydrogens is 284 g/mol. The minimum absolute atomic E-state index is 0.0497. The number of nitrogens with zero attached hydrogens (tertiary/aromatic N) is 2. The lowest BCUT2D eigenvalue weighted by atomic mass is 9.87. The zero-order valence-corrected chi connectivity index (χ0v) is 14.7. The zero-order chi connectivity index (χ0) is 16.8. The van der Waals surface area contributed by atoms with Gasteiger partial charge in [0.2, 0.25) is 5.91 Å². The van der Waals surface area contributed by atoms with E-state index in [1.165, 1.54) is 17.2 Å². The summed E-state index contributed by atoms with van der Waals surface area (Å²) in [6, 6.07) is 9.46. The number of likely N-dealkylation sites (tertiary alicyclic amines) is 1. The molecule has 3 nitrogen and oxygen atoms in total. The van der Waals surface area contributed by atoms with Crippen molar-refractivity contribution >= 4 is 5.91 Å². The second kappa shape index (κ2) is 5.79. The van der Waals surface area contributed by atoms with E-state index in [4.69, 9.17) is 0 Å². The van der Waals surface area contributed by atoms with Gasteiger partial charge in [0.05, 0.1) is 0 Å². The maximum Gasteiger partial charge on any atom is 0.245 e. The van der Waals surface area contributed by atoms with Crippen LogP contribution in [0.3, 0.4) is 0 Å². The van der Waals surface area contributed by atoms with Crippen molar-refractivity contribution in [3.8, 4) is 0 Å². The van der Waals surface area contributed by atoms with Gasteiger partial charge in [0.15, 0.2) is 0 Å². The first kappa shape index (κ1) is 16.3. The van der Waals surface area contributed by atoms with E-state index in [1.807, 2.05) is 11.9 Å². The lowest BCUT2D eigenvalue weighted by Crippen LogP contribution is -2.35. The third-order valence-electron chi connectivity index (χ3n) is 5.42. The molecule has 2 aliphatic rings. The molecule has 1 amide bonds. The Morgan fingerprint density at radius 2 is 1.83 bits per heavy atom. The number of carbonyl (C=O) groups is 1. The molecule has 1 aromatic rings. The first-order valence-corrected chi connectivity index (χ1v) is 8.52. The van der Waals surface area contributed by atoms with E-state index < -0.39 is 0 Å². The number of amides is 1. The maximum absolute atomic E-state index is 11.7. The van der Waals surface area contributed by atoms with Crippen LogP contribution in [0.5, 0.6) is 0 Å². The third kappa shape index (κ3) is 3.20. The average Bonchev–Trinajstić information content (AvgIpc) is 3.01. The molecule has 1 aromatic carbocycles. The fourth-order valence-corrected chi connectivity index (χ4v) is 3.95. The van der Waals surface area contributed by atoms with E-state index in [1.54, 1.807) is 0 Å². The molecule has 0 bridgehead atoms. The van der Waals surface area contributed by atoms with Crippen LogP contribution in [-0.4, -0.2) is 41.9 Å². The van der Waals surface area contributed by atoms with Gasteiger partial charge in [-0.1, -0.05) is 51.6 Å². The molecule has 1 saturated carbocycles. The van der Waals surface area contributed by atoms with E-state index in [-0.39, 0.29) is 11.3 Å². The van der Waals surface area contributed by atoms with Gasteiger partial charge in [-0.3, -0.25) is 9.69 Å².